The lowest BCUT2D eigenvalue weighted by atomic mass is 10.1. The molecule has 0 aliphatic heterocycles. The average Bonchev–Trinajstić information content (AvgIpc) is 2.94. The molecule has 0 atom stereocenters. The van der Waals surface area contributed by atoms with Gasteiger partial charge in [0.15, 0.2) is 11.6 Å². The first-order valence-corrected chi connectivity index (χ1v) is 6.01. The van der Waals surface area contributed by atoms with E-state index < -0.39 is 4.92 Å². The number of aromatic nitrogens is 2. The van der Waals surface area contributed by atoms with Gasteiger partial charge in [0, 0.05) is 18.7 Å². The van der Waals surface area contributed by atoms with E-state index in [4.69, 9.17) is 15.7 Å². The molecule has 9 nitrogen and oxygen atoms in total. The van der Waals surface area contributed by atoms with Crippen molar-refractivity contribution in [1.82, 2.24) is 9.78 Å². The van der Waals surface area contributed by atoms with Gasteiger partial charge in [-0.25, -0.2) is 0 Å². The maximum absolute atomic E-state index is 10.8. The Morgan fingerprint density at radius 2 is 2.38 bits per heavy atom. The third-order valence-corrected chi connectivity index (χ3v) is 2.72. The van der Waals surface area contributed by atoms with Crippen LogP contribution in [-0.2, 0) is 6.54 Å². The van der Waals surface area contributed by atoms with Crippen LogP contribution >= 0.6 is 0 Å². The number of nitrogens with two attached hydrogens (primary N) is 1. The van der Waals surface area contributed by atoms with Gasteiger partial charge in [0.05, 0.1) is 22.9 Å². The number of amidine groups is 1. The second kappa shape index (κ2) is 5.90. The van der Waals surface area contributed by atoms with Gasteiger partial charge >= 0.3 is 0 Å². The Morgan fingerprint density at radius 3 is 2.95 bits per heavy atom. The number of ether oxygens (including phenoxy) is 1. The molecule has 0 amide bonds. The number of nitrogens with zero attached hydrogens (tertiary/aromatic N) is 4. The molecule has 2 aromatic rings. The van der Waals surface area contributed by atoms with E-state index in [-0.39, 0.29) is 22.8 Å². The van der Waals surface area contributed by atoms with E-state index in [0.717, 1.165) is 0 Å². The van der Waals surface area contributed by atoms with Crippen LogP contribution in [0.25, 0.3) is 0 Å². The molecule has 9 heteroatoms. The molecular weight excluding hydrogens is 278 g/mol. The predicted molar refractivity (Wildman–Crippen MR) is 73.6 cm³/mol. The van der Waals surface area contributed by atoms with Crippen molar-refractivity contribution in [1.29, 1.82) is 0 Å². The van der Waals surface area contributed by atoms with Crippen LogP contribution in [-0.4, -0.2) is 25.7 Å². The first kappa shape index (κ1) is 14.3. The van der Waals surface area contributed by atoms with Crippen LogP contribution in [0.4, 0.5) is 5.69 Å². The van der Waals surface area contributed by atoms with Gasteiger partial charge < -0.3 is 15.7 Å². The van der Waals surface area contributed by atoms with Gasteiger partial charge in [-0.05, 0) is 13.0 Å². The van der Waals surface area contributed by atoms with E-state index in [1.165, 1.54) is 24.4 Å². The van der Waals surface area contributed by atoms with Crippen molar-refractivity contribution >= 4 is 11.5 Å². The van der Waals surface area contributed by atoms with E-state index in [2.05, 4.69) is 10.3 Å². The van der Waals surface area contributed by atoms with Crippen LogP contribution in [0.3, 0.4) is 0 Å². The zero-order valence-electron chi connectivity index (χ0n) is 11.1. The number of aryl methyl sites for hydroxylation is 1. The van der Waals surface area contributed by atoms with Crippen LogP contribution in [0.15, 0.2) is 35.7 Å². The minimum absolute atomic E-state index is 0.121. The van der Waals surface area contributed by atoms with Crippen LogP contribution in [0.5, 0.6) is 11.5 Å². The highest BCUT2D eigenvalue weighted by Gasteiger charge is 2.16. The van der Waals surface area contributed by atoms with Crippen LogP contribution in [0.1, 0.15) is 12.5 Å². The Kier molecular flexibility index (Phi) is 4.02. The lowest BCUT2D eigenvalue weighted by Gasteiger charge is -2.08. The van der Waals surface area contributed by atoms with E-state index in [1.807, 2.05) is 6.92 Å². The summed E-state index contributed by atoms with van der Waals surface area (Å²) in [7, 11) is 0. The Hall–Kier alpha value is -3.10. The average molecular weight is 291 g/mol. The van der Waals surface area contributed by atoms with Gasteiger partial charge in [-0.3, -0.25) is 14.8 Å². The van der Waals surface area contributed by atoms with Crippen molar-refractivity contribution in [3.05, 3.63) is 46.3 Å². The molecule has 110 valence electrons. The van der Waals surface area contributed by atoms with Crippen molar-refractivity contribution in [2.45, 2.75) is 13.5 Å². The molecular formula is C12H13N5O4. The molecule has 2 rings (SSSR count). The number of nitro groups is 1. The van der Waals surface area contributed by atoms with Crippen molar-refractivity contribution in [2.24, 2.45) is 10.9 Å². The molecule has 21 heavy (non-hydrogen) atoms. The lowest BCUT2D eigenvalue weighted by molar-refractivity contribution is -0.384. The molecule has 3 N–H and O–H groups in total. The Bertz CT molecular complexity index is 695. The van der Waals surface area contributed by atoms with E-state index >= 15 is 0 Å². The standard InChI is InChI=1S/C12H13N5O4/c1-2-16-7-9(6-14-16)21-11-4-3-8(17(19)20)5-10(11)12(13)15-18/h3-7,18H,2H2,1H3,(H2,13,15). The van der Waals surface area contributed by atoms with Gasteiger partial charge in [0.2, 0.25) is 0 Å². The van der Waals surface area contributed by atoms with Crippen molar-refractivity contribution in [3.8, 4) is 11.5 Å². The molecule has 0 fully saturated rings. The third-order valence-electron chi connectivity index (χ3n) is 2.72. The molecule has 0 bridgehead atoms. The largest absolute Gasteiger partial charge is 0.453 e. The second-order valence-electron chi connectivity index (χ2n) is 4.06. The Balaban J connectivity index is 2.40. The van der Waals surface area contributed by atoms with E-state index in [9.17, 15) is 10.1 Å². The number of rotatable bonds is 5. The molecule has 0 spiro atoms. The highest BCUT2D eigenvalue weighted by atomic mass is 16.6. The lowest BCUT2D eigenvalue weighted by Crippen LogP contribution is -2.14. The summed E-state index contributed by atoms with van der Waals surface area (Å²) in [6, 6.07) is 3.83. The fourth-order valence-corrected chi connectivity index (χ4v) is 1.67. The van der Waals surface area contributed by atoms with Crippen LogP contribution in [0, 0.1) is 10.1 Å². The highest BCUT2D eigenvalue weighted by molar-refractivity contribution is 6.00. The number of oxime groups is 1. The van der Waals surface area contributed by atoms with Crippen LogP contribution in [0.2, 0.25) is 0 Å². The summed E-state index contributed by atoms with van der Waals surface area (Å²) >= 11 is 0. The molecule has 0 unspecified atom stereocenters. The van der Waals surface area contributed by atoms with Crippen molar-refractivity contribution < 1.29 is 14.9 Å². The third kappa shape index (κ3) is 3.08. The summed E-state index contributed by atoms with van der Waals surface area (Å²) in [6.07, 6.45) is 3.17. The summed E-state index contributed by atoms with van der Waals surface area (Å²) in [4.78, 5) is 10.2. The Labute approximate surface area is 119 Å². The van der Waals surface area contributed by atoms with Gasteiger partial charge in [-0.15, -0.1) is 0 Å². The maximum Gasteiger partial charge on any atom is 0.270 e. The number of nitro benzene ring substituents is 1. The topological polar surface area (TPSA) is 129 Å². The first-order valence-electron chi connectivity index (χ1n) is 6.01. The van der Waals surface area contributed by atoms with Gasteiger partial charge in [-0.1, -0.05) is 5.16 Å². The number of hydrogen-bond acceptors (Lipinski definition) is 6. The fraction of sp³-hybridized carbons (Fsp3) is 0.167. The summed E-state index contributed by atoms with van der Waals surface area (Å²) in [6.45, 7) is 2.60. The van der Waals surface area contributed by atoms with Gasteiger partial charge in [0.1, 0.15) is 5.75 Å². The quantitative estimate of drug-likeness (QED) is 0.283. The fourth-order valence-electron chi connectivity index (χ4n) is 1.67. The number of non-ortho nitro benzene ring substituents is 1. The van der Waals surface area contributed by atoms with E-state index in [0.29, 0.717) is 12.3 Å². The number of benzene rings is 1. The minimum Gasteiger partial charge on any atom is -0.453 e. The summed E-state index contributed by atoms with van der Waals surface area (Å²) in [5, 5.41) is 26.5. The summed E-state index contributed by atoms with van der Waals surface area (Å²) in [5.74, 6) is 0.390. The zero-order valence-corrected chi connectivity index (χ0v) is 11.1. The smallest absolute Gasteiger partial charge is 0.270 e. The molecule has 1 heterocycles. The highest BCUT2D eigenvalue weighted by Crippen LogP contribution is 2.28. The maximum atomic E-state index is 10.8. The first-order chi connectivity index (χ1) is 10.0. The predicted octanol–water partition coefficient (Wildman–Crippen LogP) is 1.70. The molecule has 0 aliphatic carbocycles. The molecule has 0 saturated heterocycles. The molecule has 0 radical (unpaired) electrons. The Morgan fingerprint density at radius 1 is 1.62 bits per heavy atom. The second-order valence-corrected chi connectivity index (χ2v) is 4.06. The van der Waals surface area contributed by atoms with Crippen LogP contribution < -0.4 is 10.5 Å². The van der Waals surface area contributed by atoms with Gasteiger partial charge in [-0.2, -0.15) is 5.10 Å². The summed E-state index contributed by atoms with van der Waals surface area (Å²) < 4.78 is 7.23. The molecule has 1 aromatic heterocycles. The number of hydrogen-bond donors (Lipinski definition) is 2. The zero-order chi connectivity index (χ0) is 15.4. The molecule has 0 saturated carbocycles. The SMILES string of the molecule is CCn1cc(Oc2ccc([N+](=O)[O-])cc2/C(N)=N/O)cn1. The monoisotopic (exact) mass is 291 g/mol. The summed E-state index contributed by atoms with van der Waals surface area (Å²) in [5.41, 5.74) is 5.46. The van der Waals surface area contributed by atoms with Crippen molar-refractivity contribution in [2.75, 3.05) is 0 Å². The molecule has 0 aliphatic rings. The normalized spacial score (nSPS) is 11.4. The minimum atomic E-state index is -0.576. The van der Waals surface area contributed by atoms with Crippen molar-refractivity contribution in [3.63, 3.8) is 0 Å². The molecule has 1 aromatic carbocycles. The van der Waals surface area contributed by atoms with E-state index in [1.54, 1.807) is 10.9 Å². The van der Waals surface area contributed by atoms with Gasteiger partial charge in [0.25, 0.3) is 5.69 Å².